The number of halogens is 1. The molecule has 0 spiro atoms. The number of rotatable bonds is 8. The summed E-state index contributed by atoms with van der Waals surface area (Å²) in [6.45, 7) is 6.79. The van der Waals surface area contributed by atoms with Gasteiger partial charge in [0.2, 0.25) is 0 Å². The largest absolute Gasteiger partial charge is 0.493 e. The van der Waals surface area contributed by atoms with Gasteiger partial charge in [-0.25, -0.2) is 0 Å². The van der Waals surface area contributed by atoms with Gasteiger partial charge in [0.05, 0.1) is 13.2 Å². The molecule has 0 bridgehead atoms. The van der Waals surface area contributed by atoms with Crippen molar-refractivity contribution in [2.45, 2.75) is 39.8 Å². The highest BCUT2D eigenvalue weighted by Crippen LogP contribution is 2.36. The van der Waals surface area contributed by atoms with E-state index >= 15 is 0 Å². The zero-order valence-electron chi connectivity index (χ0n) is 18.2. The summed E-state index contributed by atoms with van der Waals surface area (Å²) in [5.74, 6) is 1.23. The second kappa shape index (κ2) is 10.2. The number of Topliss-reactive ketones (excluding diaryl/α,β-unsaturated/α-hetero) is 1. The van der Waals surface area contributed by atoms with Crippen LogP contribution >= 0.6 is 23.8 Å². The van der Waals surface area contributed by atoms with Crippen molar-refractivity contribution < 1.29 is 14.3 Å². The number of ether oxygens (including phenoxy) is 2. The van der Waals surface area contributed by atoms with E-state index in [1.54, 1.807) is 14.0 Å². The van der Waals surface area contributed by atoms with Crippen LogP contribution in [0.5, 0.6) is 11.5 Å². The van der Waals surface area contributed by atoms with E-state index in [0.29, 0.717) is 33.8 Å². The van der Waals surface area contributed by atoms with Crippen molar-refractivity contribution in [1.29, 1.82) is 0 Å². The molecular weight excluding hydrogens is 432 g/mol. The zero-order valence-corrected chi connectivity index (χ0v) is 19.8. The number of hydrogen-bond donors (Lipinski definition) is 1. The standard InChI is InChI=1S/C24H27ClN2O3S/c1-5-12-27-15(2)22(16(3)28)23(26-24(27)31)18-8-11-20(21(13-18)29-4)30-14-17-6-9-19(25)10-7-17/h6-11,13,23H,5,12,14H2,1-4H3,(H,26,31). The lowest BCUT2D eigenvalue weighted by Crippen LogP contribution is -2.47. The van der Waals surface area contributed by atoms with Crippen LogP contribution in [0.1, 0.15) is 44.4 Å². The van der Waals surface area contributed by atoms with E-state index in [2.05, 4.69) is 12.2 Å². The Morgan fingerprint density at radius 2 is 1.90 bits per heavy atom. The first-order valence-electron chi connectivity index (χ1n) is 10.2. The Hall–Kier alpha value is -2.57. The molecular formula is C24H27ClN2O3S. The van der Waals surface area contributed by atoms with Gasteiger partial charge in [0, 0.05) is 22.8 Å². The third kappa shape index (κ3) is 5.20. The van der Waals surface area contributed by atoms with Crippen molar-refractivity contribution in [3.8, 4) is 11.5 Å². The topological polar surface area (TPSA) is 50.8 Å². The van der Waals surface area contributed by atoms with Gasteiger partial charge >= 0.3 is 0 Å². The molecule has 0 aromatic heterocycles. The first-order valence-corrected chi connectivity index (χ1v) is 11.0. The summed E-state index contributed by atoms with van der Waals surface area (Å²) in [6.07, 6.45) is 0.933. The maximum Gasteiger partial charge on any atom is 0.173 e. The number of carbonyl (C=O) groups is 1. The third-order valence-electron chi connectivity index (χ3n) is 5.25. The molecule has 0 saturated heterocycles. The zero-order chi connectivity index (χ0) is 22.5. The van der Waals surface area contributed by atoms with Gasteiger partial charge in [-0.15, -0.1) is 0 Å². The molecule has 1 heterocycles. The van der Waals surface area contributed by atoms with Crippen LogP contribution in [0.2, 0.25) is 5.02 Å². The van der Waals surface area contributed by atoms with Gasteiger partial charge in [-0.1, -0.05) is 36.7 Å². The number of thiocarbonyl (C=S) groups is 1. The summed E-state index contributed by atoms with van der Waals surface area (Å²) < 4.78 is 11.5. The van der Waals surface area contributed by atoms with Gasteiger partial charge in [0.25, 0.3) is 0 Å². The first kappa shape index (κ1) is 23.1. The number of allylic oxidation sites excluding steroid dienone is 1. The van der Waals surface area contributed by atoms with Crippen molar-refractivity contribution in [1.82, 2.24) is 10.2 Å². The van der Waals surface area contributed by atoms with E-state index in [0.717, 1.165) is 29.8 Å². The minimum absolute atomic E-state index is 0.0145. The summed E-state index contributed by atoms with van der Waals surface area (Å²) in [5, 5.41) is 4.64. The molecule has 164 valence electrons. The van der Waals surface area contributed by atoms with Gasteiger partial charge in [-0.05, 0) is 67.9 Å². The summed E-state index contributed by atoms with van der Waals surface area (Å²) in [5.41, 5.74) is 3.49. The average molecular weight is 459 g/mol. The highest BCUT2D eigenvalue weighted by atomic mass is 35.5. The van der Waals surface area contributed by atoms with Crippen molar-refractivity contribution in [2.75, 3.05) is 13.7 Å². The molecule has 0 amide bonds. The van der Waals surface area contributed by atoms with Gasteiger partial charge in [-0.2, -0.15) is 0 Å². The lowest BCUT2D eigenvalue weighted by Gasteiger charge is -2.37. The minimum Gasteiger partial charge on any atom is -0.493 e. The summed E-state index contributed by atoms with van der Waals surface area (Å²) >= 11 is 11.5. The van der Waals surface area contributed by atoms with Crippen molar-refractivity contribution in [2.24, 2.45) is 0 Å². The second-order valence-electron chi connectivity index (χ2n) is 7.41. The number of nitrogens with one attached hydrogen (secondary N) is 1. The van der Waals surface area contributed by atoms with Crippen LogP contribution in [0.25, 0.3) is 0 Å². The number of hydrogen-bond acceptors (Lipinski definition) is 4. The molecule has 0 fully saturated rings. The lowest BCUT2D eigenvalue weighted by molar-refractivity contribution is -0.114. The van der Waals surface area contributed by atoms with E-state index in [1.807, 2.05) is 54.3 Å². The Labute approximate surface area is 194 Å². The summed E-state index contributed by atoms with van der Waals surface area (Å²) in [4.78, 5) is 14.5. The van der Waals surface area contributed by atoms with Gasteiger partial charge in [0.1, 0.15) is 6.61 Å². The molecule has 0 aliphatic carbocycles. The fourth-order valence-electron chi connectivity index (χ4n) is 3.71. The number of methoxy groups -OCH3 is 1. The van der Waals surface area contributed by atoms with E-state index in [4.69, 9.17) is 33.3 Å². The van der Waals surface area contributed by atoms with Crippen molar-refractivity contribution in [3.05, 3.63) is 69.9 Å². The Morgan fingerprint density at radius 3 is 2.52 bits per heavy atom. The maximum absolute atomic E-state index is 12.5. The molecule has 1 aliphatic heterocycles. The van der Waals surface area contributed by atoms with Crippen molar-refractivity contribution >= 4 is 34.7 Å². The molecule has 0 radical (unpaired) electrons. The predicted molar refractivity (Wildman–Crippen MR) is 128 cm³/mol. The molecule has 1 unspecified atom stereocenters. The normalized spacial score (nSPS) is 16.2. The first-order chi connectivity index (χ1) is 14.8. The smallest absolute Gasteiger partial charge is 0.173 e. The van der Waals surface area contributed by atoms with E-state index < -0.39 is 0 Å². The van der Waals surface area contributed by atoms with E-state index in [1.165, 1.54) is 0 Å². The Morgan fingerprint density at radius 1 is 1.19 bits per heavy atom. The molecule has 31 heavy (non-hydrogen) atoms. The van der Waals surface area contributed by atoms with E-state index in [9.17, 15) is 4.79 Å². The Balaban J connectivity index is 1.89. The van der Waals surface area contributed by atoms with Crippen LogP contribution in [-0.2, 0) is 11.4 Å². The van der Waals surface area contributed by atoms with Crippen LogP contribution in [0.4, 0.5) is 0 Å². The molecule has 1 aliphatic rings. The number of carbonyl (C=O) groups excluding carboxylic acids is 1. The van der Waals surface area contributed by atoms with Gasteiger partial charge in [-0.3, -0.25) is 4.79 Å². The third-order valence-corrected chi connectivity index (χ3v) is 5.84. The van der Waals surface area contributed by atoms with Crippen molar-refractivity contribution in [3.63, 3.8) is 0 Å². The number of ketones is 1. The fourth-order valence-corrected chi connectivity index (χ4v) is 4.18. The predicted octanol–water partition coefficient (Wildman–Crippen LogP) is 5.43. The molecule has 1 atom stereocenters. The van der Waals surface area contributed by atoms with Crippen LogP contribution in [0, 0.1) is 0 Å². The fraction of sp³-hybridized carbons (Fsp3) is 0.333. The molecule has 5 nitrogen and oxygen atoms in total. The quantitative estimate of drug-likeness (QED) is 0.532. The lowest BCUT2D eigenvalue weighted by atomic mass is 9.92. The highest BCUT2D eigenvalue weighted by molar-refractivity contribution is 7.80. The van der Waals surface area contributed by atoms with Gasteiger partial charge in [0.15, 0.2) is 22.4 Å². The van der Waals surface area contributed by atoms with Gasteiger partial charge < -0.3 is 19.7 Å². The van der Waals surface area contributed by atoms with Crippen LogP contribution in [0.15, 0.2) is 53.7 Å². The number of benzene rings is 2. The number of nitrogens with zero attached hydrogens (tertiary/aromatic N) is 1. The van der Waals surface area contributed by atoms with Crippen LogP contribution in [-0.4, -0.2) is 29.5 Å². The van der Waals surface area contributed by atoms with Crippen LogP contribution < -0.4 is 14.8 Å². The Kier molecular flexibility index (Phi) is 7.57. The molecule has 0 saturated carbocycles. The maximum atomic E-state index is 12.5. The highest BCUT2D eigenvalue weighted by Gasteiger charge is 2.32. The molecule has 7 heteroatoms. The summed E-state index contributed by atoms with van der Waals surface area (Å²) in [6, 6.07) is 12.9. The molecule has 2 aromatic rings. The average Bonchev–Trinajstić information content (AvgIpc) is 2.75. The monoisotopic (exact) mass is 458 g/mol. The molecule has 3 rings (SSSR count). The Bertz CT molecular complexity index is 1000. The SMILES string of the molecule is CCCN1C(=S)NC(c2ccc(OCc3ccc(Cl)cc3)c(OC)c2)C(C(C)=O)=C1C. The van der Waals surface area contributed by atoms with Crippen LogP contribution in [0.3, 0.4) is 0 Å². The molecule has 1 N–H and O–H groups in total. The minimum atomic E-state index is -0.336. The molecule has 2 aromatic carbocycles. The van der Waals surface area contributed by atoms with E-state index in [-0.39, 0.29) is 11.8 Å². The second-order valence-corrected chi connectivity index (χ2v) is 8.24. The summed E-state index contributed by atoms with van der Waals surface area (Å²) in [7, 11) is 1.60.